The second kappa shape index (κ2) is 6.73. The van der Waals surface area contributed by atoms with Crippen LogP contribution in [-0.2, 0) is 11.8 Å². The van der Waals surface area contributed by atoms with Gasteiger partial charge in [0.2, 0.25) is 0 Å². The van der Waals surface area contributed by atoms with Crippen molar-refractivity contribution < 1.29 is 9.90 Å². The van der Waals surface area contributed by atoms with Crippen molar-refractivity contribution in [3.8, 4) is 0 Å². The molecule has 3 rings (SSSR count). The molecular weight excluding hydrogens is 312 g/mol. The molecule has 2 aliphatic rings. The molecule has 0 radical (unpaired) electrons. The first-order valence-electron chi connectivity index (χ1n) is 8.35. The Labute approximate surface area is 141 Å². The highest BCUT2D eigenvalue weighted by molar-refractivity contribution is 7.99. The molecule has 0 spiro atoms. The van der Waals surface area contributed by atoms with Crippen LogP contribution in [0.1, 0.15) is 31.4 Å². The lowest BCUT2D eigenvalue weighted by atomic mass is 9.94. The number of piperidine rings is 1. The molecule has 1 amide bonds. The predicted molar refractivity (Wildman–Crippen MR) is 92.8 cm³/mol. The van der Waals surface area contributed by atoms with E-state index in [0.717, 1.165) is 48.9 Å². The number of aromatic nitrogens is 2. The third kappa shape index (κ3) is 3.66. The largest absolute Gasteiger partial charge is 0.380 e. The Kier molecular flexibility index (Phi) is 4.87. The van der Waals surface area contributed by atoms with Crippen molar-refractivity contribution in [3.05, 3.63) is 11.8 Å². The Bertz CT molecular complexity index is 568. The van der Waals surface area contributed by atoms with Gasteiger partial charge in [0.25, 0.3) is 5.91 Å². The fourth-order valence-electron chi connectivity index (χ4n) is 3.45. The van der Waals surface area contributed by atoms with Gasteiger partial charge in [-0.3, -0.25) is 9.48 Å². The average molecular weight is 338 g/mol. The molecule has 1 atom stereocenters. The Hall–Kier alpha value is -1.21. The number of carbonyl (C=O) groups excluding carboxylic acids is 1. The monoisotopic (exact) mass is 338 g/mol. The third-order valence-corrected chi connectivity index (χ3v) is 5.79. The third-order valence-electron chi connectivity index (χ3n) is 4.80. The van der Waals surface area contributed by atoms with Crippen molar-refractivity contribution in [2.45, 2.75) is 44.2 Å². The molecule has 0 aromatic carbocycles. The van der Waals surface area contributed by atoms with Crippen molar-refractivity contribution >= 4 is 23.5 Å². The standard InChI is InChI=1S/C16H26N4O2S/c1-12-10-14(19(2)18-12)20-7-3-4-13(11-20)17-15(21)16(22)5-8-23-9-6-16/h10,13,22H,3-9,11H2,1-2H3,(H,17,21). The number of rotatable bonds is 3. The Morgan fingerprint density at radius 2 is 2.22 bits per heavy atom. The first-order valence-corrected chi connectivity index (χ1v) is 9.50. The molecule has 1 aromatic heterocycles. The number of hydrogen-bond donors (Lipinski definition) is 2. The van der Waals surface area contributed by atoms with Crippen LogP contribution >= 0.6 is 11.8 Å². The number of nitrogens with one attached hydrogen (secondary N) is 1. The average Bonchev–Trinajstić information content (AvgIpc) is 2.87. The van der Waals surface area contributed by atoms with E-state index in [1.165, 1.54) is 0 Å². The number of nitrogens with zero attached hydrogens (tertiary/aromatic N) is 3. The lowest BCUT2D eigenvalue weighted by Gasteiger charge is -2.37. The van der Waals surface area contributed by atoms with Crippen LogP contribution in [0.5, 0.6) is 0 Å². The fraction of sp³-hybridized carbons (Fsp3) is 0.750. The van der Waals surface area contributed by atoms with Crippen molar-refractivity contribution in [3.63, 3.8) is 0 Å². The molecule has 23 heavy (non-hydrogen) atoms. The van der Waals surface area contributed by atoms with Crippen molar-refractivity contribution in [1.29, 1.82) is 0 Å². The lowest BCUT2D eigenvalue weighted by Crippen LogP contribution is -2.55. The van der Waals surface area contributed by atoms with Gasteiger partial charge >= 0.3 is 0 Å². The number of carbonyl (C=O) groups is 1. The minimum Gasteiger partial charge on any atom is -0.380 e. The molecule has 128 valence electrons. The van der Waals surface area contributed by atoms with Gasteiger partial charge in [-0.05, 0) is 44.1 Å². The molecule has 7 heteroatoms. The van der Waals surface area contributed by atoms with Gasteiger partial charge in [0.1, 0.15) is 11.4 Å². The summed E-state index contributed by atoms with van der Waals surface area (Å²) in [7, 11) is 1.95. The Morgan fingerprint density at radius 1 is 1.48 bits per heavy atom. The summed E-state index contributed by atoms with van der Waals surface area (Å²) in [6, 6.07) is 2.17. The van der Waals surface area contributed by atoms with Crippen LogP contribution in [0.2, 0.25) is 0 Å². The van der Waals surface area contributed by atoms with Crippen LogP contribution in [0.3, 0.4) is 0 Å². The SMILES string of the molecule is Cc1cc(N2CCCC(NC(=O)C3(O)CCSCC3)C2)n(C)n1. The van der Waals surface area contributed by atoms with Gasteiger partial charge in [-0.15, -0.1) is 0 Å². The summed E-state index contributed by atoms with van der Waals surface area (Å²) in [5.74, 6) is 2.62. The van der Waals surface area contributed by atoms with Crippen LogP contribution in [-0.4, -0.2) is 57.0 Å². The number of amides is 1. The number of thioether (sulfide) groups is 1. The van der Waals surface area contributed by atoms with Gasteiger partial charge in [0.05, 0.1) is 5.69 Å². The quantitative estimate of drug-likeness (QED) is 0.863. The van der Waals surface area contributed by atoms with Gasteiger partial charge in [0.15, 0.2) is 0 Å². The zero-order valence-corrected chi connectivity index (χ0v) is 14.7. The number of aryl methyl sites for hydroxylation is 2. The van der Waals surface area contributed by atoms with Crippen molar-refractivity contribution in [2.75, 3.05) is 29.5 Å². The zero-order chi connectivity index (χ0) is 16.4. The molecule has 2 aliphatic heterocycles. The topological polar surface area (TPSA) is 70.4 Å². The summed E-state index contributed by atoms with van der Waals surface area (Å²) < 4.78 is 1.89. The van der Waals surface area contributed by atoms with Crippen LogP contribution in [0.15, 0.2) is 6.07 Å². The van der Waals surface area contributed by atoms with E-state index in [1.54, 1.807) is 11.8 Å². The second-order valence-corrected chi connectivity index (χ2v) is 7.89. The summed E-state index contributed by atoms with van der Waals surface area (Å²) >= 11 is 1.80. The van der Waals surface area contributed by atoms with Crippen LogP contribution in [0, 0.1) is 6.92 Å². The molecule has 0 aliphatic carbocycles. The highest BCUT2D eigenvalue weighted by Crippen LogP contribution is 2.28. The maximum atomic E-state index is 12.5. The molecule has 1 aromatic rings. The van der Waals surface area contributed by atoms with Gasteiger partial charge in [-0.2, -0.15) is 16.9 Å². The first-order chi connectivity index (χ1) is 11.0. The normalized spacial score (nSPS) is 24.5. The molecule has 2 N–H and O–H groups in total. The molecule has 6 nitrogen and oxygen atoms in total. The maximum Gasteiger partial charge on any atom is 0.252 e. The van der Waals surface area contributed by atoms with Gasteiger partial charge in [-0.1, -0.05) is 0 Å². The van der Waals surface area contributed by atoms with E-state index in [9.17, 15) is 9.90 Å². The van der Waals surface area contributed by atoms with Crippen molar-refractivity contribution in [1.82, 2.24) is 15.1 Å². The molecule has 3 heterocycles. The van der Waals surface area contributed by atoms with E-state index >= 15 is 0 Å². The van der Waals surface area contributed by atoms with Gasteiger partial charge < -0.3 is 15.3 Å². The summed E-state index contributed by atoms with van der Waals surface area (Å²) in [4.78, 5) is 14.8. The lowest BCUT2D eigenvalue weighted by molar-refractivity contribution is -0.141. The summed E-state index contributed by atoms with van der Waals surface area (Å²) in [5.41, 5.74) is -0.168. The number of anilines is 1. The molecule has 0 bridgehead atoms. The van der Waals surface area contributed by atoms with E-state index in [-0.39, 0.29) is 11.9 Å². The Balaban J connectivity index is 1.62. The summed E-state index contributed by atoms with van der Waals surface area (Å²) in [6.07, 6.45) is 3.11. The van der Waals surface area contributed by atoms with Crippen molar-refractivity contribution in [2.24, 2.45) is 7.05 Å². The zero-order valence-electron chi connectivity index (χ0n) is 13.9. The first kappa shape index (κ1) is 16.6. The summed E-state index contributed by atoms with van der Waals surface area (Å²) in [6.45, 7) is 3.74. The molecule has 0 saturated carbocycles. The molecule has 2 fully saturated rings. The minimum absolute atomic E-state index is 0.0880. The van der Waals surface area contributed by atoms with E-state index in [4.69, 9.17) is 0 Å². The summed E-state index contributed by atoms with van der Waals surface area (Å²) in [5, 5.41) is 18.0. The van der Waals surface area contributed by atoms with Crippen LogP contribution < -0.4 is 10.2 Å². The van der Waals surface area contributed by atoms with E-state index in [1.807, 2.05) is 18.7 Å². The highest BCUT2D eigenvalue weighted by Gasteiger charge is 2.38. The molecule has 1 unspecified atom stereocenters. The second-order valence-electron chi connectivity index (χ2n) is 6.67. The molecular formula is C16H26N4O2S. The fourth-order valence-corrected chi connectivity index (χ4v) is 4.62. The van der Waals surface area contributed by atoms with Crippen LogP contribution in [0.25, 0.3) is 0 Å². The van der Waals surface area contributed by atoms with Gasteiger partial charge in [0, 0.05) is 32.2 Å². The highest BCUT2D eigenvalue weighted by atomic mass is 32.2. The van der Waals surface area contributed by atoms with E-state index in [2.05, 4.69) is 21.4 Å². The van der Waals surface area contributed by atoms with Gasteiger partial charge in [-0.25, -0.2) is 0 Å². The number of aliphatic hydroxyl groups is 1. The molecule has 2 saturated heterocycles. The maximum absolute atomic E-state index is 12.5. The Morgan fingerprint density at radius 3 is 2.87 bits per heavy atom. The number of hydrogen-bond acceptors (Lipinski definition) is 5. The van der Waals surface area contributed by atoms with E-state index < -0.39 is 5.60 Å². The van der Waals surface area contributed by atoms with Crippen LogP contribution in [0.4, 0.5) is 5.82 Å². The van der Waals surface area contributed by atoms with E-state index in [0.29, 0.717) is 12.8 Å². The predicted octanol–water partition coefficient (Wildman–Crippen LogP) is 1.07. The minimum atomic E-state index is -1.17. The smallest absolute Gasteiger partial charge is 0.252 e.